The first kappa shape index (κ1) is 24.4. The molecule has 0 aliphatic carbocycles. The minimum absolute atomic E-state index is 0.0812. The largest absolute Gasteiger partial charge is 0.467 e. The lowest BCUT2D eigenvalue weighted by Gasteiger charge is -2.25. The van der Waals surface area contributed by atoms with E-state index in [0.29, 0.717) is 40.8 Å². The van der Waals surface area contributed by atoms with Crippen LogP contribution in [0.2, 0.25) is 5.02 Å². The van der Waals surface area contributed by atoms with Gasteiger partial charge in [-0.15, -0.1) is 0 Å². The van der Waals surface area contributed by atoms with Crippen LogP contribution < -0.4 is 10.2 Å². The molecule has 2 aromatic heterocycles. The van der Waals surface area contributed by atoms with Gasteiger partial charge in [-0.1, -0.05) is 48.0 Å². The van der Waals surface area contributed by atoms with Gasteiger partial charge in [0.15, 0.2) is 5.69 Å². The zero-order chi connectivity index (χ0) is 25.0. The van der Waals surface area contributed by atoms with Crippen molar-refractivity contribution in [2.45, 2.75) is 25.2 Å². The van der Waals surface area contributed by atoms with E-state index in [0.717, 1.165) is 11.8 Å². The highest BCUT2D eigenvalue weighted by Gasteiger charge is 2.24. The first-order chi connectivity index (χ1) is 16.7. The SMILES string of the molecule is Cc1c(Cl)cccc1NC(=O)c1nc(S(C)(=O)=O)ncc1N(Cc1ccccc1)Cc1ccco1. The van der Waals surface area contributed by atoms with E-state index in [-0.39, 0.29) is 5.69 Å². The maximum atomic E-state index is 13.4. The lowest BCUT2D eigenvalue weighted by atomic mass is 10.1. The fraction of sp³-hybridized carbons (Fsp3) is 0.160. The highest BCUT2D eigenvalue weighted by atomic mass is 35.5. The first-order valence-electron chi connectivity index (χ1n) is 10.7. The van der Waals surface area contributed by atoms with Crippen LogP contribution in [0.15, 0.2) is 82.7 Å². The van der Waals surface area contributed by atoms with E-state index in [2.05, 4.69) is 15.3 Å². The summed E-state index contributed by atoms with van der Waals surface area (Å²) < 4.78 is 29.9. The Balaban J connectivity index is 1.80. The number of amides is 1. The fourth-order valence-corrected chi connectivity index (χ4v) is 4.16. The molecule has 180 valence electrons. The van der Waals surface area contributed by atoms with Crippen molar-refractivity contribution in [1.29, 1.82) is 0 Å². The Kier molecular flexibility index (Phi) is 7.18. The number of rotatable bonds is 8. The summed E-state index contributed by atoms with van der Waals surface area (Å²) in [7, 11) is -3.76. The standard InChI is InChI=1S/C25H23ClN4O4S/c1-17-20(26)11-6-12-21(17)28-24(31)23-22(14-27-25(29-23)35(2,32)33)30(16-19-10-7-13-34-19)15-18-8-4-3-5-9-18/h3-14H,15-16H2,1-2H3,(H,28,31). The van der Waals surface area contributed by atoms with Gasteiger partial charge in [-0.3, -0.25) is 4.79 Å². The molecule has 35 heavy (non-hydrogen) atoms. The molecule has 0 spiro atoms. The first-order valence-corrected chi connectivity index (χ1v) is 12.9. The molecule has 0 atom stereocenters. The Morgan fingerprint density at radius 3 is 2.51 bits per heavy atom. The Morgan fingerprint density at radius 2 is 1.83 bits per heavy atom. The minimum atomic E-state index is -3.76. The number of carbonyl (C=O) groups is 1. The molecule has 0 bridgehead atoms. The highest BCUT2D eigenvalue weighted by Crippen LogP contribution is 2.27. The summed E-state index contributed by atoms with van der Waals surface area (Å²) in [6.45, 7) is 2.49. The molecule has 4 rings (SSSR count). The molecule has 1 N–H and O–H groups in total. The second-order valence-corrected chi connectivity index (χ2v) is 10.3. The van der Waals surface area contributed by atoms with Gasteiger partial charge in [0.2, 0.25) is 15.0 Å². The van der Waals surface area contributed by atoms with E-state index >= 15 is 0 Å². The molecule has 2 aromatic carbocycles. The third-order valence-electron chi connectivity index (χ3n) is 5.29. The van der Waals surface area contributed by atoms with E-state index in [1.54, 1.807) is 37.5 Å². The molecule has 8 nitrogen and oxygen atoms in total. The van der Waals surface area contributed by atoms with Gasteiger partial charge in [0.05, 0.1) is 24.7 Å². The maximum absolute atomic E-state index is 13.4. The summed E-state index contributed by atoms with van der Waals surface area (Å²) in [5.41, 5.74) is 2.42. The number of sulfone groups is 1. The van der Waals surface area contributed by atoms with Gasteiger partial charge >= 0.3 is 0 Å². The topological polar surface area (TPSA) is 105 Å². The van der Waals surface area contributed by atoms with E-state index in [4.69, 9.17) is 16.0 Å². The number of furan rings is 1. The van der Waals surface area contributed by atoms with Crippen molar-refractivity contribution in [3.05, 3.63) is 101 Å². The summed E-state index contributed by atoms with van der Waals surface area (Å²) in [5, 5.41) is 2.86. The number of benzene rings is 2. The Bertz CT molecular complexity index is 1440. The predicted octanol–water partition coefficient (Wildman–Crippen LogP) is 4.89. The van der Waals surface area contributed by atoms with Gasteiger partial charge in [0.25, 0.3) is 5.91 Å². The van der Waals surface area contributed by atoms with Crippen LogP contribution in [-0.4, -0.2) is 30.5 Å². The molecule has 0 aliphatic heterocycles. The fourth-order valence-electron chi connectivity index (χ4n) is 3.48. The monoisotopic (exact) mass is 510 g/mol. The van der Waals surface area contributed by atoms with Gasteiger partial charge in [0.1, 0.15) is 5.76 Å². The van der Waals surface area contributed by atoms with Crippen molar-refractivity contribution in [2.75, 3.05) is 16.5 Å². The quantitative estimate of drug-likeness (QED) is 0.336. The molecule has 0 fully saturated rings. The average molecular weight is 511 g/mol. The van der Waals surface area contributed by atoms with Crippen LogP contribution in [0.5, 0.6) is 0 Å². The zero-order valence-electron chi connectivity index (χ0n) is 19.1. The predicted molar refractivity (Wildman–Crippen MR) is 134 cm³/mol. The molecule has 0 aliphatic rings. The van der Waals surface area contributed by atoms with Crippen LogP contribution in [-0.2, 0) is 22.9 Å². The molecule has 0 unspecified atom stereocenters. The molecule has 0 saturated heterocycles. The van der Waals surface area contributed by atoms with Crippen LogP contribution in [0.25, 0.3) is 0 Å². The van der Waals surface area contributed by atoms with Crippen LogP contribution in [0.1, 0.15) is 27.4 Å². The van der Waals surface area contributed by atoms with E-state index < -0.39 is 20.9 Å². The van der Waals surface area contributed by atoms with Crippen molar-refractivity contribution in [3.63, 3.8) is 0 Å². The molecular formula is C25H23ClN4O4S. The van der Waals surface area contributed by atoms with Crippen molar-refractivity contribution >= 4 is 38.7 Å². The van der Waals surface area contributed by atoms with Crippen LogP contribution in [0.3, 0.4) is 0 Å². The third-order valence-corrected chi connectivity index (χ3v) is 6.56. The number of carbonyl (C=O) groups excluding carboxylic acids is 1. The number of anilines is 2. The summed E-state index contributed by atoms with van der Waals surface area (Å²) >= 11 is 6.20. The Morgan fingerprint density at radius 1 is 1.06 bits per heavy atom. The van der Waals surface area contributed by atoms with Crippen LogP contribution >= 0.6 is 11.6 Å². The average Bonchev–Trinajstić information content (AvgIpc) is 3.34. The van der Waals surface area contributed by atoms with Crippen LogP contribution in [0.4, 0.5) is 11.4 Å². The van der Waals surface area contributed by atoms with Crippen molar-refractivity contribution in [2.24, 2.45) is 0 Å². The second kappa shape index (κ2) is 10.3. The maximum Gasteiger partial charge on any atom is 0.276 e. The minimum Gasteiger partial charge on any atom is -0.467 e. The van der Waals surface area contributed by atoms with Crippen molar-refractivity contribution < 1.29 is 17.6 Å². The molecule has 4 aromatic rings. The molecule has 1 amide bonds. The number of hydrogen-bond donors (Lipinski definition) is 1. The van der Waals surface area contributed by atoms with Gasteiger partial charge in [-0.2, -0.15) is 0 Å². The molecule has 0 radical (unpaired) electrons. The van der Waals surface area contributed by atoms with Gasteiger partial charge in [-0.25, -0.2) is 18.4 Å². The zero-order valence-corrected chi connectivity index (χ0v) is 20.7. The summed E-state index contributed by atoms with van der Waals surface area (Å²) in [5.74, 6) is 0.0698. The Hall–Kier alpha value is -3.69. The number of halogens is 1. The molecule has 0 saturated carbocycles. The molecule has 2 heterocycles. The number of hydrogen-bond acceptors (Lipinski definition) is 7. The van der Waals surface area contributed by atoms with Crippen molar-refractivity contribution in [1.82, 2.24) is 9.97 Å². The van der Waals surface area contributed by atoms with E-state index in [1.807, 2.05) is 41.3 Å². The van der Waals surface area contributed by atoms with E-state index in [9.17, 15) is 13.2 Å². The highest BCUT2D eigenvalue weighted by molar-refractivity contribution is 7.90. The molecule has 10 heteroatoms. The normalized spacial score (nSPS) is 11.3. The summed E-state index contributed by atoms with van der Waals surface area (Å²) in [6, 6.07) is 18.4. The molecular weight excluding hydrogens is 488 g/mol. The number of nitrogens with one attached hydrogen (secondary N) is 1. The summed E-state index contributed by atoms with van der Waals surface area (Å²) in [6.07, 6.45) is 3.92. The van der Waals surface area contributed by atoms with Gasteiger partial charge in [0, 0.05) is 23.5 Å². The lowest BCUT2D eigenvalue weighted by Crippen LogP contribution is -2.27. The number of aromatic nitrogens is 2. The Labute approximate surface area is 208 Å². The van der Waals surface area contributed by atoms with Gasteiger partial charge < -0.3 is 14.6 Å². The second-order valence-electron chi connectivity index (χ2n) is 7.95. The van der Waals surface area contributed by atoms with Crippen molar-refractivity contribution in [3.8, 4) is 0 Å². The number of nitrogens with zero attached hydrogens (tertiary/aromatic N) is 3. The summed E-state index contributed by atoms with van der Waals surface area (Å²) in [4.78, 5) is 23.5. The smallest absolute Gasteiger partial charge is 0.276 e. The van der Waals surface area contributed by atoms with Crippen LogP contribution in [0, 0.1) is 6.92 Å². The van der Waals surface area contributed by atoms with E-state index in [1.165, 1.54) is 6.20 Å². The third kappa shape index (κ3) is 5.87. The lowest BCUT2D eigenvalue weighted by molar-refractivity contribution is 0.102. The van der Waals surface area contributed by atoms with Gasteiger partial charge in [-0.05, 0) is 42.3 Å².